The summed E-state index contributed by atoms with van der Waals surface area (Å²) in [5.41, 5.74) is 3.01. The van der Waals surface area contributed by atoms with Crippen molar-refractivity contribution in [3.8, 4) is 6.07 Å². The highest BCUT2D eigenvalue weighted by atomic mass is 16.5. The Morgan fingerprint density at radius 3 is 1.91 bits per heavy atom. The van der Waals surface area contributed by atoms with E-state index < -0.39 is 52.2 Å². The first-order chi connectivity index (χ1) is 10.6. The Morgan fingerprint density at radius 1 is 1.09 bits per heavy atom. The molecule has 0 aliphatic heterocycles. The maximum absolute atomic E-state index is 12.2. The Kier molecular flexibility index (Phi) is 5.35. The lowest BCUT2D eigenvalue weighted by Gasteiger charge is -2.17. The first-order valence-corrected chi connectivity index (χ1v) is 6.77. The predicted molar refractivity (Wildman–Crippen MR) is 81.1 cm³/mol. The number of hydrogen-bond acceptors (Lipinski definition) is 8. The summed E-state index contributed by atoms with van der Waals surface area (Å²) in [7, 11) is 0. The largest absolute Gasteiger partial charge is 0.459 e. The summed E-state index contributed by atoms with van der Waals surface area (Å²) in [5, 5.41) is 9.17. The lowest BCUT2D eigenvalue weighted by molar-refractivity contribution is 0.0327. The zero-order valence-corrected chi connectivity index (χ0v) is 13.2. The number of nitriles is 1. The van der Waals surface area contributed by atoms with Gasteiger partial charge in [-0.15, -0.1) is 0 Å². The number of esters is 2. The second-order valence-electron chi connectivity index (χ2n) is 5.21. The lowest BCUT2D eigenvalue weighted by atomic mass is 10.0. The van der Waals surface area contributed by atoms with Crippen LogP contribution in [0.2, 0.25) is 0 Å². The van der Waals surface area contributed by atoms with Gasteiger partial charge in [0, 0.05) is 0 Å². The van der Waals surface area contributed by atoms with Crippen LogP contribution in [0.5, 0.6) is 0 Å². The van der Waals surface area contributed by atoms with Crippen LogP contribution < -0.4 is 17.1 Å². The first-order valence-electron chi connectivity index (χ1n) is 6.77. The molecule has 0 saturated heterocycles. The second-order valence-corrected chi connectivity index (χ2v) is 5.21. The second kappa shape index (κ2) is 6.83. The first kappa shape index (κ1) is 18.0. The van der Waals surface area contributed by atoms with E-state index in [0.29, 0.717) is 4.68 Å². The van der Waals surface area contributed by atoms with Crippen LogP contribution in [0.4, 0.5) is 5.82 Å². The number of ether oxygens (including phenoxy) is 2. The van der Waals surface area contributed by atoms with Gasteiger partial charge < -0.3 is 21.1 Å². The van der Waals surface area contributed by atoms with E-state index in [2.05, 4.69) is 0 Å². The van der Waals surface area contributed by atoms with Crippen LogP contribution in [-0.4, -0.2) is 28.8 Å². The summed E-state index contributed by atoms with van der Waals surface area (Å²) >= 11 is 0. The van der Waals surface area contributed by atoms with Crippen LogP contribution in [0.1, 0.15) is 54.0 Å². The van der Waals surface area contributed by atoms with Crippen molar-refractivity contribution in [1.82, 2.24) is 4.68 Å². The number of nitrogens with two attached hydrogens (primary N) is 2. The van der Waals surface area contributed by atoms with Crippen molar-refractivity contribution in [3.63, 3.8) is 0 Å². The molecule has 4 N–H and O–H groups in total. The van der Waals surface area contributed by atoms with Crippen molar-refractivity contribution >= 4 is 17.8 Å². The van der Waals surface area contributed by atoms with Crippen molar-refractivity contribution in [2.75, 3.05) is 11.6 Å². The molecular formula is C14H18N4O5. The standard InChI is InChI=1S/C14H18N4O5/c1-6(2)22-13(20)9-8(5-15)12(19)18(17)11(16)10(9)14(21)23-7(3)4/h6-7H,16-17H2,1-4H3. The predicted octanol–water partition coefficient (Wildman–Crippen LogP) is 0.146. The highest BCUT2D eigenvalue weighted by molar-refractivity contribution is 6.07. The molecule has 9 nitrogen and oxygen atoms in total. The van der Waals surface area contributed by atoms with E-state index in [0.717, 1.165) is 0 Å². The zero-order valence-electron chi connectivity index (χ0n) is 13.2. The molecule has 0 amide bonds. The summed E-state index contributed by atoms with van der Waals surface area (Å²) in [5.74, 6) is 2.96. The van der Waals surface area contributed by atoms with E-state index in [1.165, 1.54) is 0 Å². The normalized spacial score (nSPS) is 10.5. The third kappa shape index (κ3) is 3.60. The fourth-order valence-corrected chi connectivity index (χ4v) is 1.77. The van der Waals surface area contributed by atoms with Crippen LogP contribution >= 0.6 is 0 Å². The fourth-order valence-electron chi connectivity index (χ4n) is 1.77. The molecule has 0 unspecified atom stereocenters. The van der Waals surface area contributed by atoms with E-state index in [9.17, 15) is 14.4 Å². The molecule has 0 radical (unpaired) electrons. The SMILES string of the molecule is CC(C)OC(=O)c1c(C(=O)OC(C)C)c(N)n(N)c(=O)c1C#N. The number of pyridine rings is 1. The van der Waals surface area contributed by atoms with Gasteiger partial charge in [0.25, 0.3) is 5.56 Å². The van der Waals surface area contributed by atoms with Crippen LogP contribution in [0.15, 0.2) is 4.79 Å². The smallest absolute Gasteiger partial charge is 0.343 e. The van der Waals surface area contributed by atoms with Crippen LogP contribution in [0.3, 0.4) is 0 Å². The topological polar surface area (TPSA) is 150 Å². The third-order valence-corrected chi connectivity index (χ3v) is 2.65. The van der Waals surface area contributed by atoms with Gasteiger partial charge >= 0.3 is 11.9 Å². The highest BCUT2D eigenvalue weighted by Crippen LogP contribution is 2.21. The Hall–Kier alpha value is -3.02. The minimum absolute atomic E-state index is 0.418. The quantitative estimate of drug-likeness (QED) is 0.587. The van der Waals surface area contributed by atoms with Crippen molar-refractivity contribution < 1.29 is 19.1 Å². The van der Waals surface area contributed by atoms with E-state index in [4.69, 9.17) is 26.3 Å². The molecule has 0 aliphatic rings. The number of nitrogen functional groups attached to an aromatic ring is 2. The molecule has 1 heterocycles. The Morgan fingerprint density at radius 2 is 1.52 bits per heavy atom. The molecule has 1 rings (SSSR count). The van der Waals surface area contributed by atoms with E-state index >= 15 is 0 Å². The van der Waals surface area contributed by atoms with Gasteiger partial charge in [-0.05, 0) is 27.7 Å². The van der Waals surface area contributed by atoms with Gasteiger partial charge in [0.05, 0.1) is 12.2 Å². The monoisotopic (exact) mass is 322 g/mol. The molecule has 0 aromatic carbocycles. The summed E-state index contributed by atoms with van der Waals surface area (Å²) < 4.78 is 10.4. The molecule has 1 aromatic rings. The van der Waals surface area contributed by atoms with Crippen molar-refractivity contribution in [2.45, 2.75) is 39.9 Å². The maximum Gasteiger partial charge on any atom is 0.343 e. The molecule has 0 aliphatic carbocycles. The summed E-state index contributed by atoms with van der Waals surface area (Å²) in [6, 6.07) is 1.56. The minimum atomic E-state index is -1.03. The third-order valence-electron chi connectivity index (χ3n) is 2.65. The summed E-state index contributed by atoms with van der Waals surface area (Å²) in [4.78, 5) is 36.5. The molecule has 0 bridgehead atoms. The average molecular weight is 322 g/mol. The molecule has 23 heavy (non-hydrogen) atoms. The number of carbonyl (C=O) groups excluding carboxylic acids is 2. The molecule has 9 heteroatoms. The Balaban J connectivity index is 3.75. The molecule has 0 fully saturated rings. The van der Waals surface area contributed by atoms with E-state index in [-0.39, 0.29) is 0 Å². The molecule has 0 atom stereocenters. The number of hydrogen-bond donors (Lipinski definition) is 2. The number of anilines is 1. The number of rotatable bonds is 4. The molecule has 0 spiro atoms. The van der Waals surface area contributed by atoms with Gasteiger partial charge in [0.2, 0.25) is 0 Å². The Labute approximate surface area is 132 Å². The van der Waals surface area contributed by atoms with Gasteiger partial charge in [-0.1, -0.05) is 0 Å². The van der Waals surface area contributed by atoms with Crippen LogP contribution in [0.25, 0.3) is 0 Å². The fraction of sp³-hybridized carbons (Fsp3) is 0.429. The maximum atomic E-state index is 12.2. The van der Waals surface area contributed by atoms with Gasteiger partial charge in [-0.25, -0.2) is 14.3 Å². The highest BCUT2D eigenvalue weighted by Gasteiger charge is 2.31. The minimum Gasteiger partial charge on any atom is -0.459 e. The van der Waals surface area contributed by atoms with Crippen LogP contribution in [0, 0.1) is 11.3 Å². The van der Waals surface area contributed by atoms with Gasteiger partial charge in [-0.2, -0.15) is 5.26 Å². The molecule has 124 valence electrons. The molecule has 1 aromatic heterocycles. The number of aromatic nitrogens is 1. The van der Waals surface area contributed by atoms with E-state index in [1.807, 2.05) is 0 Å². The van der Waals surface area contributed by atoms with Gasteiger partial charge in [0.15, 0.2) is 0 Å². The van der Waals surface area contributed by atoms with Crippen molar-refractivity contribution in [3.05, 3.63) is 27.0 Å². The van der Waals surface area contributed by atoms with Crippen molar-refractivity contribution in [2.24, 2.45) is 0 Å². The average Bonchev–Trinajstić information content (AvgIpc) is 2.42. The molecular weight excluding hydrogens is 304 g/mol. The lowest BCUT2D eigenvalue weighted by Crippen LogP contribution is -2.37. The number of nitrogens with zero attached hydrogens (tertiary/aromatic N) is 2. The van der Waals surface area contributed by atoms with Crippen LogP contribution in [-0.2, 0) is 9.47 Å². The van der Waals surface area contributed by atoms with E-state index in [1.54, 1.807) is 33.8 Å². The van der Waals surface area contributed by atoms with Crippen molar-refractivity contribution in [1.29, 1.82) is 5.26 Å². The molecule has 0 saturated carbocycles. The van der Waals surface area contributed by atoms with Gasteiger partial charge in [-0.3, -0.25) is 4.79 Å². The van der Waals surface area contributed by atoms with Gasteiger partial charge in [0.1, 0.15) is 28.6 Å². The zero-order chi connectivity index (χ0) is 17.9. The summed E-state index contributed by atoms with van der Waals surface area (Å²) in [6.45, 7) is 6.32. The Bertz CT molecular complexity index is 743. The number of carbonyl (C=O) groups is 2. The summed E-state index contributed by atoms with van der Waals surface area (Å²) in [6.07, 6.45) is -1.05.